The third kappa shape index (κ3) is 2.33. The number of aliphatic hydroxyl groups is 3. The number of ether oxygens (including phenoxy) is 1. The number of aliphatic hydroxyl groups excluding tert-OH is 2. The molecular weight excluding hydrogens is 301 g/mol. The van der Waals surface area contributed by atoms with Crippen LogP contribution in [0.2, 0.25) is 0 Å². The van der Waals surface area contributed by atoms with Crippen molar-refractivity contribution in [1.29, 1.82) is 0 Å². The number of aromatic nitrogens is 4. The van der Waals surface area contributed by atoms with Gasteiger partial charge in [-0.2, -0.15) is 4.98 Å². The van der Waals surface area contributed by atoms with Gasteiger partial charge in [0.05, 0.1) is 6.33 Å². The summed E-state index contributed by atoms with van der Waals surface area (Å²) in [6.45, 7) is -0.162. The maximum absolute atomic E-state index is 14.3. The number of rotatable bonds is 5. The van der Waals surface area contributed by atoms with E-state index in [4.69, 9.17) is 10.8 Å². The predicted molar refractivity (Wildman–Crippen MR) is 72.4 cm³/mol. The second kappa shape index (κ2) is 5.28. The second-order valence-corrected chi connectivity index (χ2v) is 4.88. The number of hydrogen-bond acceptors (Lipinski definition) is 8. The fourth-order valence-corrected chi connectivity index (χ4v) is 2.06. The first kappa shape index (κ1) is 16.3. The number of aromatic amines is 1. The van der Waals surface area contributed by atoms with Crippen LogP contribution in [0.3, 0.4) is 0 Å². The third-order valence-corrected chi connectivity index (χ3v) is 3.39. The Hall–Kier alpha value is -2.08. The van der Waals surface area contributed by atoms with E-state index in [0.717, 1.165) is 24.9 Å². The van der Waals surface area contributed by atoms with Gasteiger partial charge in [0.25, 0.3) is 11.4 Å². The van der Waals surface area contributed by atoms with E-state index in [9.17, 15) is 19.4 Å². The van der Waals surface area contributed by atoms with Crippen molar-refractivity contribution in [3.63, 3.8) is 0 Å². The van der Waals surface area contributed by atoms with E-state index in [-0.39, 0.29) is 17.1 Å². The van der Waals surface area contributed by atoms with Crippen molar-refractivity contribution in [2.45, 2.75) is 24.6 Å². The zero-order valence-corrected chi connectivity index (χ0v) is 11.8. The first-order valence-corrected chi connectivity index (χ1v) is 6.16. The van der Waals surface area contributed by atoms with Crippen molar-refractivity contribution in [1.82, 2.24) is 19.5 Å². The number of hydrogen-bond donors (Lipinski definition) is 5. The van der Waals surface area contributed by atoms with Crippen LogP contribution < -0.4 is 11.3 Å². The number of imidazole rings is 1. The van der Waals surface area contributed by atoms with E-state index < -0.39 is 29.8 Å². The Morgan fingerprint density at radius 1 is 1.64 bits per heavy atom. The van der Waals surface area contributed by atoms with E-state index in [1.54, 1.807) is 0 Å². The van der Waals surface area contributed by atoms with Gasteiger partial charge < -0.3 is 25.8 Å². The van der Waals surface area contributed by atoms with Gasteiger partial charge in [0, 0.05) is 7.11 Å². The largest absolute Gasteiger partial charge is 0.390 e. The van der Waals surface area contributed by atoms with Crippen LogP contribution in [0.4, 0.5) is 10.3 Å². The summed E-state index contributed by atoms with van der Waals surface area (Å²) in [5.41, 5.74) is 2.10. The Morgan fingerprint density at radius 3 is 2.82 bits per heavy atom. The highest BCUT2D eigenvalue weighted by Gasteiger charge is 2.50. The summed E-state index contributed by atoms with van der Waals surface area (Å²) in [4.78, 5) is 21.4. The van der Waals surface area contributed by atoms with E-state index in [0.29, 0.717) is 0 Å². The molecule has 0 radical (unpaired) electrons. The number of halogens is 1. The van der Waals surface area contributed by atoms with Crippen LogP contribution in [0.15, 0.2) is 11.1 Å². The minimum atomic E-state index is -2.94. The molecule has 0 amide bonds. The van der Waals surface area contributed by atoms with Gasteiger partial charge in [-0.05, 0) is 6.92 Å². The topological polar surface area (TPSA) is 160 Å². The minimum absolute atomic E-state index is 0.160. The molecule has 0 saturated carbocycles. The Bertz CT molecular complexity index is 738. The molecular formula is C11H16FN5O5. The van der Waals surface area contributed by atoms with Crippen molar-refractivity contribution >= 4 is 17.1 Å². The number of nitrogen functional groups attached to an aromatic ring is 1. The van der Waals surface area contributed by atoms with E-state index in [1.807, 2.05) is 0 Å². The second-order valence-electron chi connectivity index (χ2n) is 4.88. The molecule has 11 heteroatoms. The maximum atomic E-state index is 14.3. The Balaban J connectivity index is 2.61. The molecule has 6 N–H and O–H groups in total. The van der Waals surface area contributed by atoms with Gasteiger partial charge in [-0.1, -0.05) is 0 Å². The summed E-state index contributed by atoms with van der Waals surface area (Å²) in [5.74, 6) is -3.18. The van der Waals surface area contributed by atoms with Crippen molar-refractivity contribution in [2.75, 3.05) is 19.5 Å². The normalized spacial score (nSPS) is 18.8. The lowest BCUT2D eigenvalue weighted by Gasteiger charge is -2.37. The average Bonchev–Trinajstić information content (AvgIpc) is 2.90. The Kier molecular flexibility index (Phi) is 3.91. The highest BCUT2D eigenvalue weighted by Crippen LogP contribution is 2.30. The standard InChI is InChI=1S/C11H16FN5O5/c1-10(21,8(20)11(12,3-18)22-2)17-4-14-5-6(17)15-9(13)16-7(5)19/h4,8,18,20-21H,3H2,1-2H3,(H3,13,15,16,19)/t8-,10+,11+/m0/s1. The van der Waals surface area contributed by atoms with Crippen molar-refractivity contribution < 1.29 is 24.4 Å². The molecule has 3 atom stereocenters. The van der Waals surface area contributed by atoms with Crippen molar-refractivity contribution in [3.05, 3.63) is 16.7 Å². The number of anilines is 1. The molecule has 2 aromatic heterocycles. The smallest absolute Gasteiger partial charge is 0.280 e. The summed E-state index contributed by atoms with van der Waals surface area (Å²) in [6, 6.07) is 0. The van der Waals surface area contributed by atoms with Crippen molar-refractivity contribution in [3.8, 4) is 0 Å². The lowest BCUT2D eigenvalue weighted by Crippen LogP contribution is -2.56. The monoisotopic (exact) mass is 317 g/mol. The number of alkyl halides is 1. The quantitative estimate of drug-likeness (QED) is 0.424. The van der Waals surface area contributed by atoms with Crippen LogP contribution in [0.5, 0.6) is 0 Å². The summed E-state index contributed by atoms with van der Waals surface area (Å²) < 4.78 is 19.5. The van der Waals surface area contributed by atoms with Gasteiger partial charge in [0.2, 0.25) is 5.95 Å². The van der Waals surface area contributed by atoms with Gasteiger partial charge in [0.15, 0.2) is 23.0 Å². The molecule has 2 heterocycles. The molecule has 0 aliphatic heterocycles. The number of methoxy groups -OCH3 is 1. The molecule has 0 aliphatic carbocycles. The lowest BCUT2D eigenvalue weighted by molar-refractivity contribution is -0.273. The molecule has 22 heavy (non-hydrogen) atoms. The molecule has 2 aromatic rings. The summed E-state index contributed by atoms with van der Waals surface area (Å²) in [6.07, 6.45) is -1.22. The van der Waals surface area contributed by atoms with E-state index in [2.05, 4.69) is 19.7 Å². The fourth-order valence-electron chi connectivity index (χ4n) is 2.06. The molecule has 0 spiro atoms. The molecule has 0 fully saturated rings. The minimum Gasteiger partial charge on any atom is -0.390 e. The summed E-state index contributed by atoms with van der Waals surface area (Å²) in [7, 11) is 0.919. The Morgan fingerprint density at radius 2 is 2.27 bits per heavy atom. The highest BCUT2D eigenvalue weighted by molar-refractivity contribution is 5.70. The van der Waals surface area contributed by atoms with Crippen LogP contribution in [0, 0.1) is 0 Å². The zero-order chi connectivity index (χ0) is 16.7. The van der Waals surface area contributed by atoms with Gasteiger partial charge in [0.1, 0.15) is 6.61 Å². The average molecular weight is 317 g/mol. The van der Waals surface area contributed by atoms with E-state index >= 15 is 0 Å². The molecule has 2 rings (SSSR count). The van der Waals surface area contributed by atoms with Crippen LogP contribution in [0.1, 0.15) is 6.92 Å². The van der Waals surface area contributed by atoms with Crippen LogP contribution in [0.25, 0.3) is 11.2 Å². The van der Waals surface area contributed by atoms with Crippen LogP contribution in [-0.4, -0.2) is 60.5 Å². The number of nitrogens with zero attached hydrogens (tertiary/aromatic N) is 3. The summed E-state index contributed by atoms with van der Waals surface area (Å²) in [5, 5.41) is 29.6. The maximum Gasteiger partial charge on any atom is 0.280 e. The zero-order valence-electron chi connectivity index (χ0n) is 11.8. The third-order valence-electron chi connectivity index (χ3n) is 3.39. The number of H-pyrrole nitrogens is 1. The molecule has 0 bridgehead atoms. The number of nitrogens with one attached hydrogen (secondary N) is 1. The van der Waals surface area contributed by atoms with Crippen molar-refractivity contribution in [2.24, 2.45) is 0 Å². The Labute approximate surface area is 123 Å². The van der Waals surface area contributed by atoms with Crippen LogP contribution >= 0.6 is 0 Å². The van der Waals surface area contributed by atoms with E-state index in [1.165, 1.54) is 0 Å². The molecule has 0 unspecified atom stereocenters. The lowest BCUT2D eigenvalue weighted by atomic mass is 10.0. The van der Waals surface area contributed by atoms with Crippen LogP contribution in [-0.2, 0) is 10.5 Å². The fraction of sp³-hybridized carbons (Fsp3) is 0.545. The van der Waals surface area contributed by atoms with Gasteiger partial charge >= 0.3 is 0 Å². The summed E-state index contributed by atoms with van der Waals surface area (Å²) >= 11 is 0. The first-order chi connectivity index (χ1) is 10.2. The molecule has 0 aromatic carbocycles. The predicted octanol–water partition coefficient (Wildman–Crippen LogP) is -1.97. The number of nitrogens with two attached hydrogens (primary N) is 1. The first-order valence-electron chi connectivity index (χ1n) is 6.16. The highest BCUT2D eigenvalue weighted by atomic mass is 19.2. The number of fused-ring (bicyclic) bond motifs is 1. The molecule has 10 nitrogen and oxygen atoms in total. The van der Waals surface area contributed by atoms with Gasteiger partial charge in [-0.15, -0.1) is 0 Å². The molecule has 122 valence electrons. The SMILES string of the molecule is CO[C@](F)(CO)[C@@H](O)[C@@](C)(O)n1cnc2c(=O)[nH]c(N)nc21. The molecule has 0 saturated heterocycles. The van der Waals surface area contributed by atoms with Gasteiger partial charge in [-0.25, -0.2) is 9.37 Å². The molecule has 0 aliphatic rings. The van der Waals surface area contributed by atoms with Gasteiger partial charge in [-0.3, -0.25) is 14.3 Å².